The van der Waals surface area contributed by atoms with E-state index in [2.05, 4.69) is 48.9 Å². The van der Waals surface area contributed by atoms with Crippen LogP contribution in [0.2, 0.25) is 0 Å². The summed E-state index contributed by atoms with van der Waals surface area (Å²) in [5.74, 6) is 0.767. The molecule has 0 atom stereocenters. The molecule has 0 bridgehead atoms. The average molecular weight is 475 g/mol. The van der Waals surface area contributed by atoms with Crippen LogP contribution in [0.5, 0.6) is 5.75 Å². The molecule has 0 saturated carbocycles. The van der Waals surface area contributed by atoms with E-state index in [0.29, 0.717) is 17.0 Å². The van der Waals surface area contributed by atoms with Crippen LogP contribution in [-0.4, -0.2) is 36.4 Å². The van der Waals surface area contributed by atoms with Crippen molar-refractivity contribution in [2.75, 3.05) is 25.0 Å². The highest BCUT2D eigenvalue weighted by molar-refractivity contribution is 9.10. The molecule has 2 aromatic carbocycles. The fraction of sp³-hybridized carbons (Fsp3) is 0.417. The first-order chi connectivity index (χ1) is 14.3. The van der Waals surface area contributed by atoms with E-state index < -0.39 is 0 Å². The Labute approximate surface area is 187 Å². The monoisotopic (exact) mass is 474 g/mol. The van der Waals surface area contributed by atoms with Crippen molar-refractivity contribution in [3.05, 3.63) is 58.1 Å². The standard InChI is InChI=1S/C24H31BrN2O3/c1-5-13-27(14-6-2)24(29)18-7-10-20(11-8-18)26-23(28)16-30-22-12-9-19(25)15-21(22)17(3)4/h7-12,15,17H,5-6,13-14,16H2,1-4H3,(H,26,28). The molecule has 1 N–H and O–H groups in total. The summed E-state index contributed by atoms with van der Waals surface area (Å²) >= 11 is 3.47. The SMILES string of the molecule is CCCN(CCC)C(=O)c1ccc(NC(=O)COc2ccc(Br)cc2C(C)C)cc1. The third-order valence-electron chi connectivity index (χ3n) is 4.64. The summed E-state index contributed by atoms with van der Waals surface area (Å²) in [5, 5.41) is 2.82. The van der Waals surface area contributed by atoms with Gasteiger partial charge in [-0.05, 0) is 66.8 Å². The summed E-state index contributed by atoms with van der Waals surface area (Å²) in [6, 6.07) is 12.8. The number of rotatable bonds is 10. The zero-order valence-electron chi connectivity index (χ0n) is 18.2. The molecule has 2 rings (SSSR count). The van der Waals surface area contributed by atoms with Crippen molar-refractivity contribution in [3.8, 4) is 5.75 Å². The Morgan fingerprint density at radius 3 is 2.23 bits per heavy atom. The quantitative estimate of drug-likeness (QED) is 0.469. The van der Waals surface area contributed by atoms with E-state index in [9.17, 15) is 9.59 Å². The average Bonchev–Trinajstić information content (AvgIpc) is 2.72. The van der Waals surface area contributed by atoms with Crippen LogP contribution >= 0.6 is 15.9 Å². The van der Waals surface area contributed by atoms with Gasteiger partial charge in [-0.25, -0.2) is 0 Å². The second-order valence-electron chi connectivity index (χ2n) is 7.54. The summed E-state index contributed by atoms with van der Waals surface area (Å²) in [7, 11) is 0. The van der Waals surface area contributed by atoms with Gasteiger partial charge in [0.05, 0.1) is 0 Å². The maximum Gasteiger partial charge on any atom is 0.262 e. The molecule has 2 amide bonds. The molecule has 0 aliphatic rings. The van der Waals surface area contributed by atoms with Crippen LogP contribution in [0.4, 0.5) is 5.69 Å². The van der Waals surface area contributed by atoms with Gasteiger partial charge in [0.25, 0.3) is 11.8 Å². The molecule has 0 saturated heterocycles. The van der Waals surface area contributed by atoms with E-state index in [4.69, 9.17) is 4.74 Å². The van der Waals surface area contributed by atoms with Gasteiger partial charge in [0.1, 0.15) is 5.75 Å². The van der Waals surface area contributed by atoms with Crippen LogP contribution in [0.15, 0.2) is 46.9 Å². The Morgan fingerprint density at radius 1 is 1.03 bits per heavy atom. The Balaban J connectivity index is 1.96. The first kappa shape index (κ1) is 23.9. The minimum atomic E-state index is -0.245. The number of hydrogen-bond donors (Lipinski definition) is 1. The van der Waals surface area contributed by atoms with Crippen molar-refractivity contribution in [1.29, 1.82) is 0 Å². The predicted molar refractivity (Wildman–Crippen MR) is 125 cm³/mol. The zero-order valence-corrected chi connectivity index (χ0v) is 19.8. The molecule has 0 aliphatic heterocycles. The molecule has 0 fully saturated rings. The lowest BCUT2D eigenvalue weighted by atomic mass is 10.0. The molecule has 162 valence electrons. The minimum Gasteiger partial charge on any atom is -0.483 e. The molecule has 5 nitrogen and oxygen atoms in total. The van der Waals surface area contributed by atoms with Crippen molar-refractivity contribution >= 4 is 33.4 Å². The van der Waals surface area contributed by atoms with Gasteiger partial charge in [-0.3, -0.25) is 9.59 Å². The lowest BCUT2D eigenvalue weighted by Gasteiger charge is -2.21. The number of amides is 2. The summed E-state index contributed by atoms with van der Waals surface area (Å²) in [4.78, 5) is 26.8. The van der Waals surface area contributed by atoms with Crippen molar-refractivity contribution in [1.82, 2.24) is 4.90 Å². The molecular weight excluding hydrogens is 444 g/mol. The second kappa shape index (κ2) is 11.7. The van der Waals surface area contributed by atoms with Gasteiger partial charge in [0, 0.05) is 28.8 Å². The molecule has 0 aliphatic carbocycles. The van der Waals surface area contributed by atoms with Gasteiger partial charge in [0.2, 0.25) is 0 Å². The number of nitrogens with one attached hydrogen (secondary N) is 1. The van der Waals surface area contributed by atoms with Gasteiger partial charge in [0.15, 0.2) is 6.61 Å². The van der Waals surface area contributed by atoms with Crippen molar-refractivity contribution in [2.24, 2.45) is 0 Å². The third-order valence-corrected chi connectivity index (χ3v) is 5.14. The number of benzene rings is 2. The van der Waals surface area contributed by atoms with Gasteiger partial charge in [-0.2, -0.15) is 0 Å². The van der Waals surface area contributed by atoms with Gasteiger partial charge in [-0.15, -0.1) is 0 Å². The highest BCUT2D eigenvalue weighted by Gasteiger charge is 2.15. The maximum absolute atomic E-state index is 12.6. The highest BCUT2D eigenvalue weighted by Crippen LogP contribution is 2.29. The fourth-order valence-corrected chi connectivity index (χ4v) is 3.55. The van der Waals surface area contributed by atoms with Crippen LogP contribution in [0, 0.1) is 0 Å². The van der Waals surface area contributed by atoms with E-state index in [1.165, 1.54) is 0 Å². The van der Waals surface area contributed by atoms with E-state index in [1.807, 2.05) is 23.1 Å². The number of hydrogen-bond acceptors (Lipinski definition) is 3. The van der Waals surface area contributed by atoms with Gasteiger partial charge in [-0.1, -0.05) is 43.6 Å². The fourth-order valence-electron chi connectivity index (χ4n) is 3.18. The second-order valence-corrected chi connectivity index (χ2v) is 8.46. The van der Waals surface area contributed by atoms with Crippen LogP contribution in [-0.2, 0) is 4.79 Å². The molecule has 2 aromatic rings. The third kappa shape index (κ3) is 6.87. The van der Waals surface area contributed by atoms with Crippen LogP contribution in [0.3, 0.4) is 0 Å². The largest absolute Gasteiger partial charge is 0.483 e. The number of anilines is 1. The summed E-state index contributed by atoms with van der Waals surface area (Å²) in [6.07, 6.45) is 1.85. The van der Waals surface area contributed by atoms with Crippen molar-refractivity contribution < 1.29 is 14.3 Å². The topological polar surface area (TPSA) is 58.6 Å². The summed E-state index contributed by atoms with van der Waals surface area (Å²) in [5.41, 5.74) is 2.31. The molecule has 30 heavy (non-hydrogen) atoms. The molecule has 0 aromatic heterocycles. The molecule has 0 radical (unpaired) electrons. The van der Waals surface area contributed by atoms with Crippen LogP contribution < -0.4 is 10.1 Å². The van der Waals surface area contributed by atoms with Crippen LogP contribution in [0.25, 0.3) is 0 Å². The number of carbonyl (C=O) groups is 2. The maximum atomic E-state index is 12.6. The Morgan fingerprint density at radius 2 is 1.67 bits per heavy atom. The smallest absolute Gasteiger partial charge is 0.262 e. The summed E-state index contributed by atoms with van der Waals surface area (Å²) < 4.78 is 6.72. The Kier molecular flexibility index (Phi) is 9.37. The van der Waals surface area contributed by atoms with Gasteiger partial charge >= 0.3 is 0 Å². The van der Waals surface area contributed by atoms with Crippen molar-refractivity contribution in [2.45, 2.75) is 46.5 Å². The number of ether oxygens (including phenoxy) is 1. The molecule has 0 spiro atoms. The van der Waals surface area contributed by atoms with E-state index in [-0.39, 0.29) is 24.3 Å². The Bertz CT molecular complexity index is 844. The molecule has 0 heterocycles. The first-order valence-corrected chi connectivity index (χ1v) is 11.3. The lowest BCUT2D eigenvalue weighted by molar-refractivity contribution is -0.118. The van der Waals surface area contributed by atoms with E-state index >= 15 is 0 Å². The zero-order chi connectivity index (χ0) is 22.1. The lowest BCUT2D eigenvalue weighted by Crippen LogP contribution is -2.32. The molecule has 6 heteroatoms. The summed E-state index contributed by atoms with van der Waals surface area (Å²) in [6.45, 7) is 9.71. The normalized spacial score (nSPS) is 10.7. The van der Waals surface area contributed by atoms with E-state index in [1.54, 1.807) is 24.3 Å². The number of nitrogens with zero attached hydrogens (tertiary/aromatic N) is 1. The minimum absolute atomic E-state index is 0.0244. The highest BCUT2D eigenvalue weighted by atomic mass is 79.9. The number of carbonyl (C=O) groups excluding carboxylic acids is 2. The van der Waals surface area contributed by atoms with Crippen LogP contribution in [0.1, 0.15) is 62.4 Å². The molecular formula is C24H31BrN2O3. The first-order valence-electron chi connectivity index (χ1n) is 10.5. The van der Waals surface area contributed by atoms with E-state index in [0.717, 1.165) is 36.0 Å². The number of halogens is 1. The Hall–Kier alpha value is -2.34. The molecule has 0 unspecified atom stereocenters. The van der Waals surface area contributed by atoms with Crippen molar-refractivity contribution in [3.63, 3.8) is 0 Å². The van der Waals surface area contributed by atoms with Gasteiger partial charge < -0.3 is 15.0 Å². The predicted octanol–water partition coefficient (Wildman–Crippen LogP) is 5.85.